The summed E-state index contributed by atoms with van der Waals surface area (Å²) in [6.45, 7) is 3.35. The first-order chi connectivity index (χ1) is 4.34. The maximum atomic E-state index is 10.4. The molecule has 0 spiro atoms. The molecule has 60 valence electrons. The summed E-state index contributed by atoms with van der Waals surface area (Å²) in [5, 5.41) is 0. The summed E-state index contributed by atoms with van der Waals surface area (Å²) < 4.78 is 9.99. The van der Waals surface area contributed by atoms with Crippen LogP contribution in [0.15, 0.2) is 0 Å². The second-order valence-corrected chi connectivity index (χ2v) is 3.98. The second-order valence-electron chi connectivity index (χ2n) is 2.49. The van der Waals surface area contributed by atoms with Crippen molar-refractivity contribution in [3.8, 4) is 0 Å². The van der Waals surface area contributed by atoms with E-state index in [0.717, 1.165) is 0 Å². The van der Waals surface area contributed by atoms with E-state index < -0.39 is 13.1 Å². The third-order valence-electron chi connectivity index (χ3n) is 0.888. The van der Waals surface area contributed by atoms with Crippen LogP contribution in [0.2, 0.25) is 0 Å². The predicted octanol–water partition coefficient (Wildman–Crippen LogP) is -6.52. The Balaban J connectivity index is -0.000000405. The smallest absolute Gasteiger partial charge is 0.805 e. The minimum Gasteiger partial charge on any atom is -0.805 e. The molecule has 0 heterocycles. The Morgan fingerprint density at radius 1 is 1.33 bits per heavy atom. The summed E-state index contributed by atoms with van der Waals surface area (Å²) in [5.41, 5.74) is -1.19. The van der Waals surface area contributed by atoms with E-state index in [1.165, 1.54) is 0 Å². The number of hydrogen-bond acceptors (Lipinski definition) is 4. The van der Waals surface area contributed by atoms with Gasteiger partial charge in [0.1, 0.15) is 0 Å². The third kappa shape index (κ3) is 9.11. The molecule has 0 atom stereocenters. The van der Waals surface area contributed by atoms with Crippen LogP contribution in [0.5, 0.6) is 0 Å². The Labute approximate surface area is 96.0 Å². The molecule has 0 aliphatic heterocycles. The van der Waals surface area contributed by atoms with Crippen LogP contribution in [0.3, 0.4) is 0 Å². The molecular formula is C5H9Li2O4P. The normalized spacial score (nSPS) is 10.1. The van der Waals surface area contributed by atoms with Crippen molar-refractivity contribution in [2.45, 2.75) is 20.3 Å². The zero-order chi connectivity index (χ0) is 8.36. The molecule has 0 aliphatic rings. The van der Waals surface area contributed by atoms with E-state index in [4.69, 9.17) is 0 Å². The van der Waals surface area contributed by atoms with E-state index in [0.29, 0.717) is 0 Å². The number of rotatable bonds is 3. The SMILES string of the molecule is CC(C)CC(=O)P(=O)([O-])[O-].[Li+].[Li+]. The van der Waals surface area contributed by atoms with Gasteiger partial charge in [0.05, 0.1) is 0 Å². The molecule has 0 saturated heterocycles. The van der Waals surface area contributed by atoms with Gasteiger partial charge in [-0.1, -0.05) is 13.8 Å². The molecule has 0 aromatic rings. The Morgan fingerprint density at radius 2 is 1.67 bits per heavy atom. The minimum absolute atomic E-state index is 0. The molecule has 0 aromatic heterocycles. The van der Waals surface area contributed by atoms with E-state index in [1.807, 2.05) is 0 Å². The van der Waals surface area contributed by atoms with Gasteiger partial charge in [-0.15, -0.1) is 0 Å². The predicted molar refractivity (Wildman–Crippen MR) is 32.1 cm³/mol. The van der Waals surface area contributed by atoms with Crippen LogP contribution in [-0.2, 0) is 9.36 Å². The van der Waals surface area contributed by atoms with Crippen molar-refractivity contribution < 1.29 is 56.9 Å². The summed E-state index contributed by atoms with van der Waals surface area (Å²) in [6.07, 6.45) is -0.176. The molecule has 0 bridgehead atoms. The van der Waals surface area contributed by atoms with Crippen molar-refractivity contribution in [2.75, 3.05) is 0 Å². The Hall–Kier alpha value is 1.01. The molecule has 12 heavy (non-hydrogen) atoms. The van der Waals surface area contributed by atoms with Gasteiger partial charge in [0.15, 0.2) is 5.52 Å². The molecule has 0 radical (unpaired) electrons. The minimum atomic E-state index is -4.95. The van der Waals surface area contributed by atoms with E-state index in [-0.39, 0.29) is 50.1 Å². The van der Waals surface area contributed by atoms with Crippen molar-refractivity contribution in [3.05, 3.63) is 0 Å². The zero-order valence-electron chi connectivity index (χ0n) is 7.86. The molecule has 0 saturated carbocycles. The van der Waals surface area contributed by atoms with Crippen LogP contribution in [0.1, 0.15) is 20.3 Å². The topological polar surface area (TPSA) is 80.3 Å². The van der Waals surface area contributed by atoms with Crippen LogP contribution >= 0.6 is 7.60 Å². The second kappa shape index (κ2) is 7.42. The van der Waals surface area contributed by atoms with Crippen LogP contribution in [0, 0.1) is 5.92 Å². The van der Waals surface area contributed by atoms with Gasteiger partial charge in [-0.3, -0.25) is 4.79 Å². The maximum Gasteiger partial charge on any atom is 1.00 e. The van der Waals surface area contributed by atoms with Gasteiger partial charge in [0, 0.05) is 14.0 Å². The quantitative estimate of drug-likeness (QED) is 0.318. The molecule has 0 aromatic carbocycles. The molecule has 0 unspecified atom stereocenters. The Kier molecular flexibility index (Phi) is 11.6. The largest absolute Gasteiger partial charge is 1.00 e. The van der Waals surface area contributed by atoms with E-state index in [9.17, 15) is 19.1 Å². The van der Waals surface area contributed by atoms with Crippen molar-refractivity contribution >= 4 is 13.1 Å². The summed E-state index contributed by atoms with van der Waals surface area (Å²) in [7, 11) is -4.95. The van der Waals surface area contributed by atoms with Gasteiger partial charge in [-0.25, -0.2) is 0 Å². The third-order valence-corrected chi connectivity index (χ3v) is 1.68. The average molecular weight is 178 g/mol. The van der Waals surface area contributed by atoms with Gasteiger partial charge in [-0.05, 0) is 5.92 Å². The first-order valence-electron chi connectivity index (χ1n) is 2.89. The molecule has 0 fully saturated rings. The summed E-state index contributed by atoms with van der Waals surface area (Å²) in [4.78, 5) is 30.4. The Morgan fingerprint density at radius 3 is 1.75 bits per heavy atom. The fraction of sp³-hybridized carbons (Fsp3) is 0.800. The molecular weight excluding hydrogens is 169 g/mol. The van der Waals surface area contributed by atoms with Crippen LogP contribution in [0.4, 0.5) is 0 Å². The van der Waals surface area contributed by atoms with Gasteiger partial charge < -0.3 is 14.4 Å². The molecule has 0 aliphatic carbocycles. The molecule has 7 heteroatoms. The monoisotopic (exact) mass is 178 g/mol. The molecule has 0 amide bonds. The van der Waals surface area contributed by atoms with Gasteiger partial charge in [0.25, 0.3) is 0 Å². The number of hydrogen-bond donors (Lipinski definition) is 0. The maximum absolute atomic E-state index is 10.4. The number of carbonyl (C=O) groups excluding carboxylic acids is 1. The summed E-state index contributed by atoms with van der Waals surface area (Å²) in [5.74, 6) is -0.0799. The first kappa shape index (κ1) is 18.7. The first-order valence-corrected chi connectivity index (χ1v) is 4.43. The Bertz CT molecular complexity index is 176. The fourth-order valence-electron chi connectivity index (χ4n) is 0.461. The van der Waals surface area contributed by atoms with Crippen LogP contribution in [0.25, 0.3) is 0 Å². The van der Waals surface area contributed by atoms with Crippen molar-refractivity contribution in [1.29, 1.82) is 0 Å². The van der Waals surface area contributed by atoms with Gasteiger partial charge in [0.2, 0.25) is 0 Å². The van der Waals surface area contributed by atoms with Crippen LogP contribution in [-0.4, -0.2) is 5.52 Å². The molecule has 0 rings (SSSR count). The van der Waals surface area contributed by atoms with Crippen molar-refractivity contribution in [1.82, 2.24) is 0 Å². The van der Waals surface area contributed by atoms with E-state index in [1.54, 1.807) is 13.8 Å². The van der Waals surface area contributed by atoms with Crippen molar-refractivity contribution in [2.24, 2.45) is 5.92 Å². The fourth-order valence-corrected chi connectivity index (χ4v) is 1.05. The summed E-state index contributed by atoms with van der Waals surface area (Å²) >= 11 is 0. The van der Waals surface area contributed by atoms with E-state index in [2.05, 4.69) is 0 Å². The zero-order valence-corrected chi connectivity index (χ0v) is 8.76. The average Bonchev–Trinajstić information content (AvgIpc) is 1.60. The standard InChI is InChI=1S/C5H11O4P.2Li/c1-4(2)3-5(6)10(7,8)9;;/h4H,3H2,1-2H3,(H2,7,8,9);;/q;2*+1/p-2. The van der Waals surface area contributed by atoms with Gasteiger partial charge in [-0.2, -0.15) is 0 Å². The van der Waals surface area contributed by atoms with Crippen LogP contribution < -0.4 is 47.5 Å². The van der Waals surface area contributed by atoms with Gasteiger partial charge >= 0.3 is 37.7 Å². The molecule has 0 N–H and O–H groups in total. The summed E-state index contributed by atoms with van der Waals surface area (Å²) in [6, 6.07) is 0. The van der Waals surface area contributed by atoms with Crippen molar-refractivity contribution in [3.63, 3.8) is 0 Å². The van der Waals surface area contributed by atoms with E-state index >= 15 is 0 Å². The number of carbonyl (C=O) groups is 1. The molecule has 4 nitrogen and oxygen atoms in total.